The summed E-state index contributed by atoms with van der Waals surface area (Å²) in [5.74, 6) is -0.00468. The molecule has 0 bridgehead atoms. The quantitative estimate of drug-likeness (QED) is 0.853. The molecule has 1 amide bonds. The SMILES string of the molecule is Cl.NC1(C(=O)NCc2ccsc2)CCC1. The van der Waals surface area contributed by atoms with Crippen LogP contribution in [-0.2, 0) is 11.3 Å². The van der Waals surface area contributed by atoms with Gasteiger partial charge in [-0.25, -0.2) is 0 Å². The Labute approximate surface area is 99.5 Å². The van der Waals surface area contributed by atoms with E-state index in [-0.39, 0.29) is 18.3 Å². The minimum atomic E-state index is -0.573. The van der Waals surface area contributed by atoms with Gasteiger partial charge in [-0.15, -0.1) is 12.4 Å². The molecule has 0 unspecified atom stereocenters. The van der Waals surface area contributed by atoms with Crippen LogP contribution in [0.1, 0.15) is 24.8 Å². The fraction of sp³-hybridized carbons (Fsp3) is 0.500. The Morgan fingerprint density at radius 3 is 2.80 bits per heavy atom. The minimum Gasteiger partial charge on any atom is -0.350 e. The van der Waals surface area contributed by atoms with Crippen LogP contribution in [0.25, 0.3) is 0 Å². The van der Waals surface area contributed by atoms with Gasteiger partial charge in [0, 0.05) is 6.54 Å². The van der Waals surface area contributed by atoms with Gasteiger partial charge in [-0.2, -0.15) is 11.3 Å². The highest BCUT2D eigenvalue weighted by Crippen LogP contribution is 2.29. The Bertz CT molecular complexity index is 322. The molecule has 2 rings (SSSR count). The highest BCUT2D eigenvalue weighted by molar-refractivity contribution is 7.07. The molecule has 15 heavy (non-hydrogen) atoms. The predicted molar refractivity (Wildman–Crippen MR) is 64.2 cm³/mol. The van der Waals surface area contributed by atoms with Gasteiger partial charge in [0.1, 0.15) is 0 Å². The van der Waals surface area contributed by atoms with Crippen molar-refractivity contribution in [1.82, 2.24) is 5.32 Å². The highest BCUT2D eigenvalue weighted by atomic mass is 35.5. The molecule has 1 aromatic heterocycles. The first-order valence-corrected chi connectivity index (χ1v) is 5.73. The number of carbonyl (C=O) groups is 1. The zero-order valence-corrected chi connectivity index (χ0v) is 10.00. The smallest absolute Gasteiger partial charge is 0.240 e. The van der Waals surface area contributed by atoms with Gasteiger partial charge >= 0.3 is 0 Å². The van der Waals surface area contributed by atoms with Gasteiger partial charge in [-0.05, 0) is 41.7 Å². The molecule has 0 radical (unpaired) electrons. The van der Waals surface area contributed by atoms with Gasteiger partial charge in [-0.1, -0.05) is 0 Å². The van der Waals surface area contributed by atoms with E-state index in [0.29, 0.717) is 6.54 Å². The van der Waals surface area contributed by atoms with Crippen LogP contribution in [0.4, 0.5) is 0 Å². The number of halogens is 1. The lowest BCUT2D eigenvalue weighted by atomic mass is 9.77. The first kappa shape index (κ1) is 12.5. The van der Waals surface area contributed by atoms with Gasteiger partial charge in [0.05, 0.1) is 5.54 Å². The Kier molecular flexibility index (Phi) is 4.13. The fourth-order valence-corrected chi connectivity index (χ4v) is 2.20. The molecule has 3 N–H and O–H groups in total. The van der Waals surface area contributed by atoms with E-state index in [1.54, 1.807) is 11.3 Å². The molecule has 0 spiro atoms. The van der Waals surface area contributed by atoms with E-state index in [1.807, 2.05) is 16.8 Å². The van der Waals surface area contributed by atoms with E-state index in [2.05, 4.69) is 5.32 Å². The number of hydrogen-bond acceptors (Lipinski definition) is 3. The van der Waals surface area contributed by atoms with Gasteiger partial charge in [0.2, 0.25) is 5.91 Å². The molecule has 84 valence electrons. The molecule has 0 aromatic carbocycles. The third-order valence-corrected chi connectivity index (χ3v) is 3.46. The predicted octanol–water partition coefficient (Wildman–Crippen LogP) is 1.67. The van der Waals surface area contributed by atoms with Crippen molar-refractivity contribution >= 4 is 29.7 Å². The van der Waals surface area contributed by atoms with Crippen molar-refractivity contribution in [1.29, 1.82) is 0 Å². The zero-order chi connectivity index (χ0) is 10.0. The Morgan fingerprint density at radius 1 is 1.60 bits per heavy atom. The lowest BCUT2D eigenvalue weighted by Gasteiger charge is -2.36. The average molecular weight is 247 g/mol. The second-order valence-corrected chi connectivity index (χ2v) is 4.60. The molecule has 1 saturated carbocycles. The molecule has 1 aliphatic carbocycles. The molecule has 1 aromatic rings. The van der Waals surface area contributed by atoms with Gasteiger partial charge in [-0.3, -0.25) is 4.79 Å². The maximum atomic E-state index is 11.6. The summed E-state index contributed by atoms with van der Waals surface area (Å²) >= 11 is 1.64. The van der Waals surface area contributed by atoms with Gasteiger partial charge in [0.15, 0.2) is 0 Å². The molecule has 1 aliphatic rings. The summed E-state index contributed by atoms with van der Waals surface area (Å²) in [4.78, 5) is 11.6. The van der Waals surface area contributed by atoms with Crippen molar-refractivity contribution in [2.45, 2.75) is 31.3 Å². The molecule has 0 saturated heterocycles. The first-order chi connectivity index (χ1) is 6.71. The summed E-state index contributed by atoms with van der Waals surface area (Å²) in [5, 5.41) is 6.91. The van der Waals surface area contributed by atoms with E-state index >= 15 is 0 Å². The molecule has 0 aliphatic heterocycles. The molecule has 0 atom stereocenters. The molecule has 5 heteroatoms. The minimum absolute atomic E-state index is 0. The van der Waals surface area contributed by atoms with E-state index < -0.39 is 5.54 Å². The molecule has 1 heterocycles. The van der Waals surface area contributed by atoms with Crippen LogP contribution in [0.2, 0.25) is 0 Å². The Balaban J connectivity index is 0.00000112. The topological polar surface area (TPSA) is 55.1 Å². The number of carbonyl (C=O) groups excluding carboxylic acids is 1. The Morgan fingerprint density at radius 2 is 2.33 bits per heavy atom. The van der Waals surface area contributed by atoms with E-state index in [4.69, 9.17) is 5.73 Å². The average Bonchev–Trinajstić information content (AvgIpc) is 2.62. The monoisotopic (exact) mass is 246 g/mol. The summed E-state index contributed by atoms with van der Waals surface area (Å²) in [5.41, 5.74) is 6.45. The fourth-order valence-electron chi connectivity index (χ4n) is 1.54. The number of amides is 1. The number of nitrogens with two attached hydrogens (primary N) is 1. The largest absolute Gasteiger partial charge is 0.350 e. The van der Waals surface area contributed by atoms with Crippen molar-refractivity contribution in [3.63, 3.8) is 0 Å². The van der Waals surface area contributed by atoms with Crippen LogP contribution in [0, 0.1) is 0 Å². The van der Waals surface area contributed by atoms with Crippen molar-refractivity contribution in [2.75, 3.05) is 0 Å². The van der Waals surface area contributed by atoms with Crippen molar-refractivity contribution in [3.8, 4) is 0 Å². The molecule has 3 nitrogen and oxygen atoms in total. The molecular formula is C10H15ClN2OS. The van der Waals surface area contributed by atoms with E-state index in [0.717, 1.165) is 24.8 Å². The van der Waals surface area contributed by atoms with Crippen LogP contribution in [0.3, 0.4) is 0 Å². The van der Waals surface area contributed by atoms with Crippen LogP contribution < -0.4 is 11.1 Å². The summed E-state index contributed by atoms with van der Waals surface area (Å²) in [6.45, 7) is 0.598. The summed E-state index contributed by atoms with van der Waals surface area (Å²) < 4.78 is 0. The van der Waals surface area contributed by atoms with E-state index in [9.17, 15) is 4.79 Å². The van der Waals surface area contributed by atoms with Crippen LogP contribution >= 0.6 is 23.7 Å². The standard InChI is InChI=1S/C10H14N2OS.ClH/c11-10(3-1-4-10)9(13)12-6-8-2-5-14-7-8;/h2,5,7H,1,3-4,6,11H2,(H,12,13);1H. The third-order valence-electron chi connectivity index (χ3n) is 2.73. The maximum Gasteiger partial charge on any atom is 0.240 e. The maximum absolute atomic E-state index is 11.6. The number of nitrogens with one attached hydrogen (secondary N) is 1. The second-order valence-electron chi connectivity index (χ2n) is 3.82. The summed E-state index contributed by atoms with van der Waals surface area (Å²) in [6, 6.07) is 2.01. The summed E-state index contributed by atoms with van der Waals surface area (Å²) in [6.07, 6.45) is 2.72. The van der Waals surface area contributed by atoms with Crippen LogP contribution in [-0.4, -0.2) is 11.4 Å². The number of rotatable bonds is 3. The highest BCUT2D eigenvalue weighted by Gasteiger charge is 2.39. The van der Waals surface area contributed by atoms with Gasteiger partial charge < -0.3 is 11.1 Å². The van der Waals surface area contributed by atoms with Crippen molar-refractivity contribution in [2.24, 2.45) is 5.73 Å². The zero-order valence-electron chi connectivity index (χ0n) is 8.36. The second kappa shape index (κ2) is 4.96. The number of thiophene rings is 1. The van der Waals surface area contributed by atoms with Gasteiger partial charge in [0.25, 0.3) is 0 Å². The lowest BCUT2D eigenvalue weighted by Crippen LogP contribution is -2.58. The van der Waals surface area contributed by atoms with Crippen LogP contribution in [0.15, 0.2) is 16.8 Å². The molecule has 1 fully saturated rings. The third kappa shape index (κ3) is 2.71. The lowest BCUT2D eigenvalue weighted by molar-refractivity contribution is -0.129. The van der Waals surface area contributed by atoms with Crippen molar-refractivity contribution < 1.29 is 4.79 Å². The van der Waals surface area contributed by atoms with Crippen LogP contribution in [0.5, 0.6) is 0 Å². The Hall–Kier alpha value is -0.580. The normalized spacial score (nSPS) is 17.4. The summed E-state index contributed by atoms with van der Waals surface area (Å²) in [7, 11) is 0. The van der Waals surface area contributed by atoms with Crippen molar-refractivity contribution in [3.05, 3.63) is 22.4 Å². The molecular weight excluding hydrogens is 232 g/mol. The van der Waals surface area contributed by atoms with E-state index in [1.165, 1.54) is 0 Å². The first-order valence-electron chi connectivity index (χ1n) is 4.79. The number of hydrogen-bond donors (Lipinski definition) is 2.